The van der Waals surface area contributed by atoms with Crippen molar-refractivity contribution in [1.29, 1.82) is 0 Å². The van der Waals surface area contributed by atoms with Crippen LogP contribution < -0.4 is 4.74 Å². The molecule has 26 heavy (non-hydrogen) atoms. The van der Waals surface area contributed by atoms with Crippen LogP contribution in [0.15, 0.2) is 23.0 Å². The molecule has 1 saturated carbocycles. The first-order valence-corrected chi connectivity index (χ1v) is 8.58. The van der Waals surface area contributed by atoms with E-state index in [0.29, 0.717) is 29.5 Å². The molecule has 0 heterocycles. The van der Waals surface area contributed by atoms with E-state index in [0.717, 1.165) is 25.0 Å². The minimum absolute atomic E-state index is 0.0792. The number of benzene rings is 1. The lowest BCUT2D eigenvalue weighted by Crippen LogP contribution is -2.05. The van der Waals surface area contributed by atoms with Crippen LogP contribution in [0.2, 0.25) is 0 Å². The summed E-state index contributed by atoms with van der Waals surface area (Å²) in [7, 11) is 0. The standard InChI is InChI=1S/C19H23F2NO4/c1-3-22-19(26-11-13-6-7-13)12(2)14-9-15(20)18(16(21)10-14)25-8-4-5-17(23)24/h3,9-10,13H,4-8,11H2,1-2H3,(H,23,24)/b19-12-,22-3?. The molecule has 0 radical (unpaired) electrons. The Morgan fingerprint density at radius 1 is 1.35 bits per heavy atom. The molecule has 1 aromatic carbocycles. The highest BCUT2D eigenvalue weighted by Crippen LogP contribution is 2.32. The number of nitrogens with zero attached hydrogens (tertiary/aromatic N) is 1. The third-order valence-electron chi connectivity index (χ3n) is 3.93. The second-order valence-corrected chi connectivity index (χ2v) is 6.19. The zero-order valence-electron chi connectivity index (χ0n) is 14.9. The average Bonchev–Trinajstić information content (AvgIpc) is 3.40. The first kappa shape index (κ1) is 19.9. The van der Waals surface area contributed by atoms with E-state index in [1.54, 1.807) is 20.1 Å². The van der Waals surface area contributed by atoms with Crippen LogP contribution in [0.5, 0.6) is 5.75 Å². The van der Waals surface area contributed by atoms with E-state index in [9.17, 15) is 13.6 Å². The van der Waals surface area contributed by atoms with Crippen LogP contribution in [0, 0.1) is 17.6 Å². The fraction of sp³-hybridized carbons (Fsp3) is 0.474. The molecule has 1 aliphatic carbocycles. The van der Waals surface area contributed by atoms with Gasteiger partial charge in [-0.25, -0.2) is 13.8 Å². The second kappa shape index (κ2) is 9.31. The van der Waals surface area contributed by atoms with Gasteiger partial charge in [0, 0.05) is 18.2 Å². The molecule has 0 unspecified atom stereocenters. The smallest absolute Gasteiger partial charge is 0.303 e. The predicted molar refractivity (Wildman–Crippen MR) is 94.2 cm³/mol. The first-order valence-electron chi connectivity index (χ1n) is 8.58. The molecule has 7 heteroatoms. The number of rotatable bonds is 10. The lowest BCUT2D eigenvalue weighted by Gasteiger charge is -2.13. The zero-order valence-corrected chi connectivity index (χ0v) is 14.9. The Labute approximate surface area is 151 Å². The summed E-state index contributed by atoms with van der Waals surface area (Å²) in [5.41, 5.74) is 0.841. The SMILES string of the molecule is CC=N/C(OCC1CC1)=C(\C)c1cc(F)c(OCCCC(=O)O)c(F)c1. The van der Waals surface area contributed by atoms with Gasteiger partial charge in [0.25, 0.3) is 0 Å². The number of carboxylic acids is 1. The largest absolute Gasteiger partial charge is 0.488 e. The lowest BCUT2D eigenvalue weighted by atomic mass is 10.1. The molecule has 1 fully saturated rings. The van der Waals surface area contributed by atoms with Crippen LogP contribution in [0.1, 0.15) is 45.1 Å². The molecule has 0 atom stereocenters. The summed E-state index contributed by atoms with van der Waals surface area (Å²) in [6, 6.07) is 2.33. The van der Waals surface area contributed by atoms with Gasteiger partial charge >= 0.3 is 5.97 Å². The number of carbonyl (C=O) groups is 1. The van der Waals surface area contributed by atoms with Gasteiger partial charge in [0.15, 0.2) is 17.4 Å². The van der Waals surface area contributed by atoms with E-state index in [1.807, 2.05) is 0 Å². The van der Waals surface area contributed by atoms with Gasteiger partial charge in [0.05, 0.1) is 13.2 Å². The van der Waals surface area contributed by atoms with E-state index in [1.165, 1.54) is 0 Å². The van der Waals surface area contributed by atoms with Crippen LogP contribution in [0.25, 0.3) is 5.57 Å². The van der Waals surface area contributed by atoms with Gasteiger partial charge in [-0.1, -0.05) is 0 Å². The van der Waals surface area contributed by atoms with E-state index < -0.39 is 23.4 Å². The van der Waals surface area contributed by atoms with Crippen molar-refractivity contribution in [2.24, 2.45) is 10.9 Å². The Morgan fingerprint density at radius 3 is 2.54 bits per heavy atom. The van der Waals surface area contributed by atoms with E-state index >= 15 is 0 Å². The van der Waals surface area contributed by atoms with Crippen molar-refractivity contribution in [2.75, 3.05) is 13.2 Å². The number of carboxylic acid groups (broad SMARTS) is 1. The molecule has 5 nitrogen and oxygen atoms in total. The Kier molecular flexibility index (Phi) is 7.12. The van der Waals surface area contributed by atoms with Gasteiger partial charge in [-0.05, 0) is 56.7 Å². The summed E-state index contributed by atoms with van der Waals surface area (Å²) in [6.07, 6.45) is 3.86. The van der Waals surface area contributed by atoms with Crippen LogP contribution in [0.4, 0.5) is 8.78 Å². The Morgan fingerprint density at radius 2 is 2.00 bits per heavy atom. The van der Waals surface area contributed by atoms with Crippen molar-refractivity contribution in [1.82, 2.24) is 0 Å². The van der Waals surface area contributed by atoms with Crippen molar-refractivity contribution in [3.8, 4) is 5.75 Å². The van der Waals surface area contributed by atoms with Gasteiger partial charge in [0.2, 0.25) is 5.88 Å². The Hall–Kier alpha value is -2.44. The number of aliphatic carboxylic acids is 1. The molecule has 0 aliphatic heterocycles. The highest BCUT2D eigenvalue weighted by atomic mass is 19.1. The molecule has 0 aromatic heterocycles. The minimum Gasteiger partial charge on any atom is -0.488 e. The molecule has 1 aliphatic rings. The van der Waals surface area contributed by atoms with Gasteiger partial charge in [-0.2, -0.15) is 0 Å². The minimum atomic E-state index is -0.985. The molecule has 2 rings (SSSR count). The molecular formula is C19H23F2NO4. The topological polar surface area (TPSA) is 68.1 Å². The third kappa shape index (κ3) is 5.82. The van der Waals surface area contributed by atoms with Crippen LogP contribution >= 0.6 is 0 Å². The quantitative estimate of drug-likeness (QED) is 0.378. The maximum absolute atomic E-state index is 14.2. The molecule has 0 bridgehead atoms. The number of ether oxygens (including phenoxy) is 2. The molecule has 0 spiro atoms. The first-order chi connectivity index (χ1) is 12.4. The highest BCUT2D eigenvalue weighted by molar-refractivity contribution is 5.69. The predicted octanol–water partition coefficient (Wildman–Crippen LogP) is 4.41. The fourth-order valence-corrected chi connectivity index (χ4v) is 2.28. The van der Waals surface area contributed by atoms with Crippen molar-refractivity contribution in [3.63, 3.8) is 0 Å². The summed E-state index contributed by atoms with van der Waals surface area (Å²) < 4.78 is 39.2. The van der Waals surface area contributed by atoms with Gasteiger partial charge in [-0.15, -0.1) is 0 Å². The number of aliphatic imine (C=N–C) groups is 1. The monoisotopic (exact) mass is 367 g/mol. The van der Waals surface area contributed by atoms with E-state index in [2.05, 4.69) is 4.99 Å². The average molecular weight is 367 g/mol. The molecule has 1 aromatic rings. The number of hydrogen-bond acceptors (Lipinski definition) is 4. The van der Waals surface area contributed by atoms with E-state index in [-0.39, 0.29) is 19.4 Å². The van der Waals surface area contributed by atoms with E-state index in [4.69, 9.17) is 14.6 Å². The van der Waals surface area contributed by atoms with Crippen LogP contribution in [0.3, 0.4) is 0 Å². The number of hydrogen-bond donors (Lipinski definition) is 1. The van der Waals surface area contributed by atoms with Gasteiger partial charge in [-0.3, -0.25) is 4.79 Å². The summed E-state index contributed by atoms with van der Waals surface area (Å²) in [5, 5.41) is 8.56. The molecule has 142 valence electrons. The maximum atomic E-state index is 14.2. The normalized spacial score (nSPS) is 15.1. The van der Waals surface area contributed by atoms with Crippen molar-refractivity contribution >= 4 is 17.8 Å². The highest BCUT2D eigenvalue weighted by Gasteiger charge is 2.23. The fourth-order valence-electron chi connectivity index (χ4n) is 2.28. The lowest BCUT2D eigenvalue weighted by molar-refractivity contribution is -0.137. The third-order valence-corrected chi connectivity index (χ3v) is 3.93. The number of halogens is 2. The number of allylic oxidation sites excluding steroid dienone is 1. The van der Waals surface area contributed by atoms with Crippen molar-refractivity contribution in [2.45, 2.75) is 39.5 Å². The summed E-state index contributed by atoms with van der Waals surface area (Å²) >= 11 is 0. The zero-order chi connectivity index (χ0) is 19.1. The summed E-state index contributed by atoms with van der Waals surface area (Å²) in [5.74, 6) is -2.33. The Balaban J connectivity index is 2.14. The van der Waals surface area contributed by atoms with Gasteiger partial charge < -0.3 is 14.6 Å². The molecule has 0 amide bonds. The Bertz CT molecular complexity index is 688. The molecular weight excluding hydrogens is 344 g/mol. The summed E-state index contributed by atoms with van der Waals surface area (Å²) in [4.78, 5) is 14.6. The van der Waals surface area contributed by atoms with Crippen molar-refractivity contribution in [3.05, 3.63) is 35.2 Å². The van der Waals surface area contributed by atoms with Crippen molar-refractivity contribution < 1.29 is 28.2 Å². The summed E-state index contributed by atoms with van der Waals surface area (Å²) in [6.45, 7) is 3.89. The van der Waals surface area contributed by atoms with Gasteiger partial charge in [0.1, 0.15) is 0 Å². The van der Waals surface area contributed by atoms with Crippen LogP contribution in [-0.2, 0) is 9.53 Å². The molecule has 1 N–H and O–H groups in total. The second-order valence-electron chi connectivity index (χ2n) is 6.19. The molecule has 0 saturated heterocycles. The maximum Gasteiger partial charge on any atom is 0.303 e. The van der Waals surface area contributed by atoms with Crippen LogP contribution in [-0.4, -0.2) is 30.5 Å².